The summed E-state index contributed by atoms with van der Waals surface area (Å²) < 4.78 is 47.7. The number of fused-ring (bicyclic) bond motifs is 1. The van der Waals surface area contributed by atoms with Gasteiger partial charge in [0.05, 0.1) is 16.1 Å². The number of rotatable bonds is 5. The van der Waals surface area contributed by atoms with E-state index in [1.807, 2.05) is 26.0 Å². The van der Waals surface area contributed by atoms with Crippen LogP contribution in [0.15, 0.2) is 77.7 Å². The highest BCUT2D eigenvalue weighted by Gasteiger charge is 2.38. The summed E-state index contributed by atoms with van der Waals surface area (Å²) in [7, 11) is -4.12. The van der Waals surface area contributed by atoms with E-state index in [1.165, 1.54) is 30.3 Å². The maximum atomic E-state index is 13.7. The van der Waals surface area contributed by atoms with E-state index in [-0.39, 0.29) is 27.9 Å². The molecule has 0 aliphatic carbocycles. The summed E-state index contributed by atoms with van der Waals surface area (Å²) in [5.74, 6) is -0.514. The number of sulfonamides is 1. The van der Waals surface area contributed by atoms with E-state index in [0.29, 0.717) is 31.7 Å². The fraction of sp³-hybridized carbons (Fsp3) is 0.267. The molecule has 0 unspecified atom stereocenters. The molecule has 1 spiro atoms. The number of amides is 3. The molecule has 40 heavy (non-hydrogen) atoms. The highest BCUT2D eigenvalue weighted by atomic mass is 32.2. The zero-order chi connectivity index (χ0) is 28.5. The molecule has 0 saturated carbocycles. The molecule has 0 aromatic heterocycles. The number of piperidine rings is 1. The van der Waals surface area contributed by atoms with E-state index < -0.39 is 27.6 Å². The topological polar surface area (TPSA) is 105 Å². The first kappa shape index (κ1) is 27.4. The van der Waals surface area contributed by atoms with Gasteiger partial charge in [-0.05, 0) is 54.0 Å². The van der Waals surface area contributed by atoms with Crippen LogP contribution in [0.5, 0.6) is 5.75 Å². The molecular formula is C30H30FN3O5S. The Morgan fingerprint density at radius 3 is 2.40 bits per heavy atom. The van der Waals surface area contributed by atoms with Gasteiger partial charge < -0.3 is 15.0 Å². The summed E-state index contributed by atoms with van der Waals surface area (Å²) in [6.07, 6.45) is 4.88. The zero-order valence-corrected chi connectivity index (χ0v) is 23.0. The molecule has 0 bridgehead atoms. The van der Waals surface area contributed by atoms with Crippen molar-refractivity contribution >= 4 is 33.7 Å². The maximum absolute atomic E-state index is 13.7. The lowest BCUT2D eigenvalue weighted by Crippen LogP contribution is -2.50. The molecule has 1 fully saturated rings. The largest absolute Gasteiger partial charge is 0.482 e. The van der Waals surface area contributed by atoms with Gasteiger partial charge in [-0.3, -0.25) is 4.79 Å². The standard InChI is InChI=1S/C30H30FN3O5S/c1-20(2)21-8-11-24(12-9-21)40(37,38)33-28(35)25-5-3-4-6-26(25)32-29(36)34-17-15-30(16-18-34)14-13-22-7-10-23(31)19-27(22)39-30/h3-14,19-20H,15-18H2,1-2H3,(H,32,36)(H,33,35). The van der Waals surface area contributed by atoms with Gasteiger partial charge >= 0.3 is 6.03 Å². The number of benzene rings is 3. The minimum atomic E-state index is -4.12. The molecule has 8 nitrogen and oxygen atoms in total. The van der Waals surface area contributed by atoms with Gasteiger partial charge in [0.15, 0.2) is 0 Å². The van der Waals surface area contributed by atoms with Crippen molar-refractivity contribution in [2.45, 2.75) is 43.1 Å². The molecular weight excluding hydrogens is 533 g/mol. The summed E-state index contributed by atoms with van der Waals surface area (Å²) in [6, 6.07) is 16.6. The number of nitrogens with one attached hydrogen (secondary N) is 2. The number of carbonyl (C=O) groups is 2. The minimum Gasteiger partial charge on any atom is -0.482 e. The minimum absolute atomic E-state index is 0.0175. The van der Waals surface area contributed by atoms with Gasteiger partial charge in [-0.1, -0.05) is 44.2 Å². The number of urea groups is 1. The van der Waals surface area contributed by atoms with Gasteiger partial charge in [0.1, 0.15) is 17.2 Å². The van der Waals surface area contributed by atoms with Gasteiger partial charge in [0.25, 0.3) is 15.9 Å². The molecule has 2 N–H and O–H groups in total. The summed E-state index contributed by atoms with van der Waals surface area (Å²) in [5.41, 5.74) is 1.36. The normalized spacial score (nSPS) is 15.8. The molecule has 0 atom stereocenters. The number of hydrogen-bond acceptors (Lipinski definition) is 5. The third kappa shape index (κ3) is 5.72. The Kier molecular flexibility index (Phi) is 7.37. The predicted octanol–water partition coefficient (Wildman–Crippen LogP) is 5.54. The number of halogens is 1. The second-order valence-electron chi connectivity index (χ2n) is 10.3. The smallest absolute Gasteiger partial charge is 0.321 e. The molecule has 208 valence electrons. The second-order valence-corrected chi connectivity index (χ2v) is 12.0. The highest BCUT2D eigenvalue weighted by molar-refractivity contribution is 7.90. The summed E-state index contributed by atoms with van der Waals surface area (Å²) >= 11 is 0. The van der Waals surface area contributed by atoms with Gasteiger partial charge in [0.2, 0.25) is 0 Å². The molecule has 1 saturated heterocycles. The summed E-state index contributed by atoms with van der Waals surface area (Å²) in [4.78, 5) is 27.7. The van der Waals surface area contributed by atoms with Crippen LogP contribution in [-0.4, -0.2) is 43.9 Å². The number of para-hydroxylation sites is 1. The van der Waals surface area contributed by atoms with E-state index in [0.717, 1.165) is 11.1 Å². The van der Waals surface area contributed by atoms with Crippen LogP contribution >= 0.6 is 0 Å². The van der Waals surface area contributed by atoms with E-state index in [1.54, 1.807) is 41.3 Å². The number of likely N-dealkylation sites (tertiary alicyclic amines) is 1. The fourth-order valence-corrected chi connectivity index (χ4v) is 5.80. The van der Waals surface area contributed by atoms with Crippen molar-refractivity contribution in [3.8, 4) is 5.75 Å². The van der Waals surface area contributed by atoms with Crippen LogP contribution in [0.25, 0.3) is 6.08 Å². The number of carbonyl (C=O) groups excluding carboxylic acids is 2. The van der Waals surface area contributed by atoms with Crippen molar-refractivity contribution in [2.24, 2.45) is 0 Å². The fourth-order valence-electron chi connectivity index (χ4n) is 4.84. The predicted molar refractivity (Wildman–Crippen MR) is 150 cm³/mol. The molecule has 2 heterocycles. The number of ether oxygens (including phenoxy) is 1. The van der Waals surface area contributed by atoms with Crippen LogP contribution in [0, 0.1) is 5.82 Å². The van der Waals surface area contributed by atoms with Gasteiger partial charge in [0, 0.05) is 37.6 Å². The van der Waals surface area contributed by atoms with Crippen LogP contribution < -0.4 is 14.8 Å². The van der Waals surface area contributed by atoms with Crippen molar-refractivity contribution < 1.29 is 27.1 Å². The van der Waals surface area contributed by atoms with Crippen molar-refractivity contribution in [2.75, 3.05) is 18.4 Å². The Balaban J connectivity index is 1.23. The summed E-state index contributed by atoms with van der Waals surface area (Å²) in [5, 5.41) is 2.74. The first-order valence-corrected chi connectivity index (χ1v) is 14.5. The van der Waals surface area contributed by atoms with Gasteiger partial charge in [-0.15, -0.1) is 0 Å². The van der Waals surface area contributed by atoms with E-state index in [4.69, 9.17) is 4.74 Å². The monoisotopic (exact) mass is 563 g/mol. The maximum Gasteiger partial charge on any atom is 0.321 e. The molecule has 3 aromatic rings. The lowest BCUT2D eigenvalue weighted by Gasteiger charge is -2.41. The Bertz CT molecular complexity index is 1580. The van der Waals surface area contributed by atoms with E-state index in [2.05, 4.69) is 10.0 Å². The van der Waals surface area contributed by atoms with Gasteiger partial charge in [-0.2, -0.15) is 0 Å². The zero-order valence-electron chi connectivity index (χ0n) is 22.2. The molecule has 2 aliphatic heterocycles. The Hall–Kier alpha value is -4.18. The Labute approximate surface area is 232 Å². The van der Waals surface area contributed by atoms with E-state index in [9.17, 15) is 22.4 Å². The number of anilines is 1. The third-order valence-corrected chi connectivity index (χ3v) is 8.60. The van der Waals surface area contributed by atoms with Crippen molar-refractivity contribution in [1.29, 1.82) is 0 Å². The molecule has 0 radical (unpaired) electrons. The highest BCUT2D eigenvalue weighted by Crippen LogP contribution is 2.37. The molecule has 5 rings (SSSR count). The molecule has 2 aliphatic rings. The van der Waals surface area contributed by atoms with Crippen molar-refractivity contribution in [1.82, 2.24) is 9.62 Å². The number of nitrogens with zero attached hydrogens (tertiary/aromatic N) is 1. The van der Waals surface area contributed by atoms with Crippen molar-refractivity contribution in [3.63, 3.8) is 0 Å². The quantitative estimate of drug-likeness (QED) is 0.424. The SMILES string of the molecule is CC(C)c1ccc(S(=O)(=O)NC(=O)c2ccccc2NC(=O)N2CCC3(C=Cc4ccc(F)cc4O3)CC2)cc1. The second kappa shape index (κ2) is 10.8. The first-order valence-electron chi connectivity index (χ1n) is 13.1. The summed E-state index contributed by atoms with van der Waals surface area (Å²) in [6.45, 7) is 4.74. The Morgan fingerprint density at radius 2 is 1.70 bits per heavy atom. The van der Waals surface area contributed by atoms with Crippen LogP contribution in [0.2, 0.25) is 0 Å². The van der Waals surface area contributed by atoms with E-state index >= 15 is 0 Å². The van der Waals surface area contributed by atoms with Crippen LogP contribution in [0.3, 0.4) is 0 Å². The van der Waals surface area contributed by atoms with Crippen LogP contribution in [0.4, 0.5) is 14.9 Å². The van der Waals surface area contributed by atoms with Crippen molar-refractivity contribution in [3.05, 3.63) is 95.3 Å². The molecule has 3 amide bonds. The molecule has 10 heteroatoms. The lowest BCUT2D eigenvalue weighted by molar-refractivity contribution is 0.0516. The average molecular weight is 564 g/mol. The molecule has 3 aromatic carbocycles. The third-order valence-electron chi connectivity index (χ3n) is 7.25. The van der Waals surface area contributed by atoms with Crippen LogP contribution in [0.1, 0.15) is 54.1 Å². The lowest BCUT2D eigenvalue weighted by atomic mass is 9.88. The Morgan fingerprint density at radius 1 is 1.00 bits per heavy atom. The first-order chi connectivity index (χ1) is 19.1. The van der Waals surface area contributed by atoms with Crippen LogP contribution in [-0.2, 0) is 10.0 Å². The average Bonchev–Trinajstić information content (AvgIpc) is 2.93. The number of hydrogen-bond donors (Lipinski definition) is 2. The van der Waals surface area contributed by atoms with Gasteiger partial charge in [-0.25, -0.2) is 22.3 Å².